The molecule has 1 aromatic carbocycles. The number of nitrogens with zero attached hydrogens (tertiary/aromatic N) is 1. The molecule has 1 rings (SSSR count). The molecule has 0 aromatic heterocycles. The Morgan fingerprint density at radius 1 is 1.50 bits per heavy atom. The Balaban J connectivity index is 2.70. The molecular formula is C14H20ClN3OS. The molecule has 20 heavy (non-hydrogen) atoms. The van der Waals surface area contributed by atoms with Crippen LogP contribution in [0.4, 0.5) is 5.69 Å². The second kappa shape index (κ2) is 7.45. The van der Waals surface area contributed by atoms with Crippen LogP contribution in [0, 0.1) is 5.92 Å². The van der Waals surface area contributed by atoms with Crippen molar-refractivity contribution < 1.29 is 4.79 Å². The number of hydrogen-bond acceptors (Lipinski definition) is 3. The first kappa shape index (κ1) is 16.7. The SMILES string of the molecule is CC(C)CNC(=O)CN(C)c1ccc(C(N)=S)cc1Cl. The predicted molar refractivity (Wildman–Crippen MR) is 88.5 cm³/mol. The highest BCUT2D eigenvalue weighted by Gasteiger charge is 2.11. The Kier molecular flexibility index (Phi) is 6.23. The summed E-state index contributed by atoms with van der Waals surface area (Å²) in [6.45, 7) is 5.02. The van der Waals surface area contributed by atoms with E-state index in [0.29, 0.717) is 28.0 Å². The summed E-state index contributed by atoms with van der Waals surface area (Å²) < 4.78 is 0. The smallest absolute Gasteiger partial charge is 0.239 e. The third-order valence-electron chi connectivity index (χ3n) is 2.73. The molecule has 0 saturated carbocycles. The average molecular weight is 314 g/mol. The van der Waals surface area contributed by atoms with Crippen LogP contribution in [0.1, 0.15) is 19.4 Å². The molecule has 0 fully saturated rings. The molecule has 1 aromatic rings. The lowest BCUT2D eigenvalue weighted by Gasteiger charge is -2.21. The van der Waals surface area contributed by atoms with E-state index in [0.717, 1.165) is 5.69 Å². The molecule has 3 N–H and O–H groups in total. The van der Waals surface area contributed by atoms with Crippen LogP contribution in [0.5, 0.6) is 0 Å². The molecule has 0 aliphatic heterocycles. The van der Waals surface area contributed by atoms with Crippen LogP contribution in [-0.2, 0) is 4.79 Å². The van der Waals surface area contributed by atoms with E-state index >= 15 is 0 Å². The molecule has 0 unspecified atom stereocenters. The first-order valence-electron chi connectivity index (χ1n) is 6.38. The summed E-state index contributed by atoms with van der Waals surface area (Å²) in [5, 5.41) is 3.39. The van der Waals surface area contributed by atoms with Crippen LogP contribution < -0.4 is 16.0 Å². The van der Waals surface area contributed by atoms with E-state index in [4.69, 9.17) is 29.6 Å². The zero-order valence-electron chi connectivity index (χ0n) is 11.9. The van der Waals surface area contributed by atoms with Gasteiger partial charge in [0.25, 0.3) is 0 Å². The number of thiocarbonyl (C=S) groups is 1. The fourth-order valence-electron chi connectivity index (χ4n) is 1.64. The predicted octanol–water partition coefficient (Wildman–Crippen LogP) is 2.18. The molecule has 0 heterocycles. The Bertz CT molecular complexity index is 505. The zero-order chi connectivity index (χ0) is 15.3. The molecule has 4 nitrogen and oxygen atoms in total. The molecule has 0 bridgehead atoms. The van der Waals surface area contributed by atoms with Gasteiger partial charge in [0.05, 0.1) is 17.3 Å². The van der Waals surface area contributed by atoms with Crippen LogP contribution in [0.2, 0.25) is 5.02 Å². The van der Waals surface area contributed by atoms with Gasteiger partial charge in [-0.05, 0) is 24.1 Å². The fourth-order valence-corrected chi connectivity index (χ4v) is 2.10. The average Bonchev–Trinajstić information content (AvgIpc) is 2.35. The molecular weight excluding hydrogens is 294 g/mol. The van der Waals surface area contributed by atoms with Crippen LogP contribution >= 0.6 is 23.8 Å². The fraction of sp³-hybridized carbons (Fsp3) is 0.429. The Morgan fingerprint density at radius 2 is 2.15 bits per heavy atom. The minimum atomic E-state index is -0.0318. The van der Waals surface area contributed by atoms with Crippen molar-refractivity contribution in [2.75, 3.05) is 25.0 Å². The number of likely N-dealkylation sites (N-methyl/N-ethyl adjacent to an activating group) is 1. The van der Waals surface area contributed by atoms with Crippen molar-refractivity contribution in [1.82, 2.24) is 5.32 Å². The maximum Gasteiger partial charge on any atom is 0.239 e. The number of hydrogen-bond donors (Lipinski definition) is 2. The number of carbonyl (C=O) groups is 1. The summed E-state index contributed by atoms with van der Waals surface area (Å²) >= 11 is 11.1. The maximum absolute atomic E-state index is 11.8. The van der Waals surface area contributed by atoms with Crippen LogP contribution in [-0.4, -0.2) is 31.0 Å². The van der Waals surface area contributed by atoms with Gasteiger partial charge in [-0.15, -0.1) is 0 Å². The molecule has 0 aliphatic carbocycles. The number of amides is 1. The van der Waals surface area contributed by atoms with E-state index in [2.05, 4.69) is 19.2 Å². The van der Waals surface area contributed by atoms with Gasteiger partial charge in [0.1, 0.15) is 4.99 Å². The second-order valence-electron chi connectivity index (χ2n) is 5.08. The summed E-state index contributed by atoms with van der Waals surface area (Å²) in [6.07, 6.45) is 0. The molecule has 0 spiro atoms. The Morgan fingerprint density at radius 3 is 2.65 bits per heavy atom. The summed E-state index contributed by atoms with van der Waals surface area (Å²) in [6, 6.07) is 5.32. The van der Waals surface area contributed by atoms with Crippen LogP contribution in [0.25, 0.3) is 0 Å². The molecule has 0 radical (unpaired) electrons. The van der Waals surface area contributed by atoms with Crippen molar-refractivity contribution in [3.8, 4) is 0 Å². The normalized spacial score (nSPS) is 10.4. The monoisotopic (exact) mass is 313 g/mol. The van der Waals surface area contributed by atoms with Gasteiger partial charge in [-0.25, -0.2) is 0 Å². The number of carbonyl (C=O) groups excluding carboxylic acids is 1. The third kappa shape index (κ3) is 4.98. The van der Waals surface area contributed by atoms with E-state index in [9.17, 15) is 4.79 Å². The topological polar surface area (TPSA) is 58.4 Å². The third-order valence-corrected chi connectivity index (χ3v) is 3.27. The van der Waals surface area contributed by atoms with Crippen molar-refractivity contribution in [3.63, 3.8) is 0 Å². The van der Waals surface area contributed by atoms with Crippen molar-refractivity contribution in [3.05, 3.63) is 28.8 Å². The summed E-state index contributed by atoms with van der Waals surface area (Å²) in [5.74, 6) is 0.397. The standard InChI is InChI=1S/C14H20ClN3OS/c1-9(2)7-17-13(19)8-18(3)12-5-4-10(14(16)20)6-11(12)15/h4-6,9H,7-8H2,1-3H3,(H2,16,20)(H,17,19). The van der Waals surface area contributed by atoms with Crippen LogP contribution in [0.3, 0.4) is 0 Å². The van der Waals surface area contributed by atoms with Crippen LogP contribution in [0.15, 0.2) is 18.2 Å². The molecule has 6 heteroatoms. The van der Waals surface area contributed by atoms with Gasteiger partial charge < -0.3 is 16.0 Å². The number of rotatable bonds is 6. The van der Waals surface area contributed by atoms with Crippen molar-refractivity contribution in [1.29, 1.82) is 0 Å². The van der Waals surface area contributed by atoms with Gasteiger partial charge in [0, 0.05) is 19.2 Å². The van der Waals surface area contributed by atoms with Gasteiger partial charge >= 0.3 is 0 Å². The highest BCUT2D eigenvalue weighted by molar-refractivity contribution is 7.80. The lowest BCUT2D eigenvalue weighted by atomic mass is 10.2. The number of benzene rings is 1. The number of anilines is 1. The Hall–Kier alpha value is -1.33. The summed E-state index contributed by atoms with van der Waals surface area (Å²) in [4.78, 5) is 13.9. The van der Waals surface area contributed by atoms with Crippen molar-refractivity contribution in [2.45, 2.75) is 13.8 Å². The molecule has 110 valence electrons. The maximum atomic E-state index is 11.8. The molecule has 0 aliphatic rings. The zero-order valence-corrected chi connectivity index (χ0v) is 13.5. The van der Waals surface area contributed by atoms with E-state index in [1.54, 1.807) is 17.0 Å². The minimum absolute atomic E-state index is 0.0318. The van der Waals surface area contributed by atoms with Gasteiger partial charge in [0.15, 0.2) is 0 Å². The van der Waals surface area contributed by atoms with Crippen molar-refractivity contribution in [2.24, 2.45) is 11.7 Å². The number of nitrogens with two attached hydrogens (primary N) is 1. The van der Waals surface area contributed by atoms with Gasteiger partial charge in [0.2, 0.25) is 5.91 Å². The van der Waals surface area contributed by atoms with Crippen molar-refractivity contribution >= 4 is 40.4 Å². The van der Waals surface area contributed by atoms with E-state index < -0.39 is 0 Å². The molecule has 0 atom stereocenters. The summed E-state index contributed by atoms with van der Waals surface area (Å²) in [7, 11) is 1.82. The minimum Gasteiger partial charge on any atom is -0.389 e. The number of halogens is 1. The largest absolute Gasteiger partial charge is 0.389 e. The van der Waals surface area contributed by atoms with E-state index in [-0.39, 0.29) is 12.5 Å². The first-order valence-corrected chi connectivity index (χ1v) is 7.17. The van der Waals surface area contributed by atoms with Gasteiger partial charge in [-0.3, -0.25) is 4.79 Å². The van der Waals surface area contributed by atoms with Gasteiger partial charge in [-0.2, -0.15) is 0 Å². The quantitative estimate of drug-likeness (QED) is 0.790. The highest BCUT2D eigenvalue weighted by Crippen LogP contribution is 2.25. The highest BCUT2D eigenvalue weighted by atomic mass is 35.5. The lowest BCUT2D eigenvalue weighted by Crippen LogP contribution is -2.37. The molecule has 0 saturated heterocycles. The summed E-state index contributed by atoms with van der Waals surface area (Å²) in [5.41, 5.74) is 7.04. The first-order chi connectivity index (χ1) is 9.31. The lowest BCUT2D eigenvalue weighted by molar-refractivity contribution is -0.119. The Labute approximate surface area is 130 Å². The van der Waals surface area contributed by atoms with E-state index in [1.165, 1.54) is 0 Å². The van der Waals surface area contributed by atoms with Gasteiger partial charge in [-0.1, -0.05) is 37.7 Å². The second-order valence-corrected chi connectivity index (χ2v) is 5.93. The van der Waals surface area contributed by atoms with E-state index in [1.807, 2.05) is 13.1 Å². The molecule has 1 amide bonds. The number of nitrogens with one attached hydrogen (secondary N) is 1.